The maximum atomic E-state index is 13.3. The first-order valence-electron chi connectivity index (χ1n) is 12.3. The van der Waals surface area contributed by atoms with Gasteiger partial charge in [0.2, 0.25) is 5.91 Å². The summed E-state index contributed by atoms with van der Waals surface area (Å²) >= 11 is 0. The third-order valence-corrected chi connectivity index (χ3v) is 6.76. The quantitative estimate of drug-likeness (QED) is 0.494. The normalized spacial score (nSPS) is 19.2. The summed E-state index contributed by atoms with van der Waals surface area (Å²) in [6.07, 6.45) is 4.45. The van der Waals surface area contributed by atoms with E-state index in [0.29, 0.717) is 60.9 Å². The number of hydrogen-bond acceptors (Lipinski definition) is 9. The van der Waals surface area contributed by atoms with Crippen LogP contribution in [0.25, 0.3) is 0 Å². The summed E-state index contributed by atoms with van der Waals surface area (Å²) in [5.74, 6) is 0.601. The molecule has 2 fully saturated rings. The van der Waals surface area contributed by atoms with Crippen LogP contribution >= 0.6 is 0 Å². The van der Waals surface area contributed by atoms with E-state index in [4.69, 9.17) is 4.74 Å². The average Bonchev–Trinajstić information content (AvgIpc) is 3.42. The van der Waals surface area contributed by atoms with Crippen LogP contribution in [0.1, 0.15) is 40.0 Å². The Morgan fingerprint density at radius 2 is 2.24 bits per heavy atom. The molecule has 2 aromatic heterocycles. The third-order valence-electron chi connectivity index (χ3n) is 6.76. The molecule has 12 heteroatoms. The van der Waals surface area contributed by atoms with Crippen molar-refractivity contribution in [2.75, 3.05) is 54.9 Å². The van der Waals surface area contributed by atoms with Gasteiger partial charge in [0, 0.05) is 50.0 Å². The molecule has 192 valence electrons. The van der Waals surface area contributed by atoms with Gasteiger partial charge >= 0.3 is 6.03 Å². The highest BCUT2D eigenvalue weighted by Crippen LogP contribution is 2.29. The van der Waals surface area contributed by atoms with Gasteiger partial charge in [-0.15, -0.1) is 0 Å². The second-order valence-corrected chi connectivity index (χ2v) is 9.25. The van der Waals surface area contributed by atoms with E-state index in [1.165, 1.54) is 11.1 Å². The van der Waals surface area contributed by atoms with Crippen LogP contribution in [0.3, 0.4) is 0 Å². The maximum Gasteiger partial charge on any atom is 0.328 e. The number of fused-ring (bicyclic) bond motifs is 1. The lowest BCUT2D eigenvalue weighted by Gasteiger charge is -2.30. The van der Waals surface area contributed by atoms with E-state index in [0.717, 1.165) is 31.5 Å². The molecule has 1 unspecified atom stereocenters. The predicted molar refractivity (Wildman–Crippen MR) is 134 cm³/mol. The Morgan fingerprint density at radius 1 is 1.35 bits per heavy atom. The van der Waals surface area contributed by atoms with Crippen LogP contribution in [-0.4, -0.2) is 78.5 Å². The van der Waals surface area contributed by atoms with Gasteiger partial charge in [-0.05, 0) is 37.4 Å². The lowest BCUT2D eigenvalue weighted by Crippen LogP contribution is -2.42. The van der Waals surface area contributed by atoms with E-state index in [9.17, 15) is 19.6 Å². The average molecular weight is 505 g/mol. The molecule has 3 amide bonds. The minimum Gasteiger partial charge on any atom is -0.380 e. The number of aryl methyl sites for hydroxylation is 1. The molecule has 0 aliphatic carbocycles. The van der Waals surface area contributed by atoms with Crippen LogP contribution in [0, 0.1) is 11.3 Å². The van der Waals surface area contributed by atoms with Gasteiger partial charge in [-0.25, -0.2) is 14.8 Å². The second-order valence-electron chi connectivity index (χ2n) is 9.25. The summed E-state index contributed by atoms with van der Waals surface area (Å²) in [5, 5.41) is 18.9. The summed E-state index contributed by atoms with van der Waals surface area (Å²) in [4.78, 5) is 49.2. The van der Waals surface area contributed by atoms with Crippen molar-refractivity contribution < 1.29 is 19.1 Å². The van der Waals surface area contributed by atoms with Crippen LogP contribution < -0.4 is 20.9 Å². The van der Waals surface area contributed by atoms with Crippen molar-refractivity contribution in [3.63, 3.8) is 0 Å². The predicted octanol–water partition coefficient (Wildman–Crippen LogP) is 1.28. The standard InChI is InChI=1S/C25H28N8O4/c26-10-18-11-28-22(9-20(18)29-19-3-4-27-12-19)31-25(36)33-5-1-2-16-8-17(21(14-34)30-24(16)33)13-32-6-7-37-15-23(32)35/h8-9,11,14,19,27H,1-7,12-13,15H2,(H2,28,29,31,36). The fourth-order valence-electron chi connectivity index (χ4n) is 4.81. The molecular formula is C25H28N8O4. The molecule has 0 aromatic carbocycles. The summed E-state index contributed by atoms with van der Waals surface area (Å²) in [6, 6.07) is 5.43. The number of carbonyl (C=O) groups excluding carboxylic acids is 3. The van der Waals surface area contributed by atoms with Gasteiger partial charge < -0.3 is 20.3 Å². The zero-order valence-electron chi connectivity index (χ0n) is 20.3. The Kier molecular flexibility index (Phi) is 7.25. The van der Waals surface area contributed by atoms with E-state index in [1.807, 2.05) is 6.07 Å². The van der Waals surface area contributed by atoms with E-state index in [1.54, 1.807) is 11.0 Å². The zero-order valence-corrected chi connectivity index (χ0v) is 20.3. The number of aromatic nitrogens is 2. The van der Waals surface area contributed by atoms with Crippen molar-refractivity contribution in [2.45, 2.75) is 31.8 Å². The number of anilines is 3. The molecule has 1 atom stereocenters. The number of pyridine rings is 2. The molecule has 0 saturated carbocycles. The van der Waals surface area contributed by atoms with E-state index in [-0.39, 0.29) is 30.8 Å². The van der Waals surface area contributed by atoms with Crippen LogP contribution in [0.15, 0.2) is 18.3 Å². The summed E-state index contributed by atoms with van der Waals surface area (Å²) in [7, 11) is 0. The molecule has 3 aliphatic heterocycles. The topological polar surface area (TPSA) is 153 Å². The number of nitrogens with one attached hydrogen (secondary N) is 3. The van der Waals surface area contributed by atoms with E-state index < -0.39 is 6.03 Å². The Balaban J connectivity index is 1.35. The molecule has 0 bridgehead atoms. The van der Waals surface area contributed by atoms with Gasteiger partial charge in [0.25, 0.3) is 0 Å². The maximum absolute atomic E-state index is 13.3. The van der Waals surface area contributed by atoms with Crippen molar-refractivity contribution >= 4 is 35.5 Å². The van der Waals surface area contributed by atoms with E-state index in [2.05, 4.69) is 32.0 Å². The molecule has 2 aromatic rings. The highest BCUT2D eigenvalue weighted by atomic mass is 16.5. The number of aldehydes is 1. The number of hydrogen-bond donors (Lipinski definition) is 3. The first-order valence-corrected chi connectivity index (χ1v) is 12.3. The van der Waals surface area contributed by atoms with Crippen molar-refractivity contribution in [1.29, 1.82) is 5.26 Å². The fraction of sp³-hybridized carbons (Fsp3) is 0.440. The number of nitrogens with zero attached hydrogens (tertiary/aromatic N) is 5. The molecule has 5 rings (SSSR count). The van der Waals surface area contributed by atoms with Crippen molar-refractivity contribution in [2.24, 2.45) is 0 Å². The lowest BCUT2D eigenvalue weighted by atomic mass is 10.0. The Labute approximate surface area is 214 Å². The number of urea groups is 1. The highest BCUT2D eigenvalue weighted by molar-refractivity contribution is 6.02. The monoisotopic (exact) mass is 504 g/mol. The smallest absolute Gasteiger partial charge is 0.328 e. The van der Waals surface area contributed by atoms with Gasteiger partial charge in [0.15, 0.2) is 6.29 Å². The van der Waals surface area contributed by atoms with Crippen molar-refractivity contribution in [3.05, 3.63) is 40.7 Å². The fourth-order valence-corrected chi connectivity index (χ4v) is 4.81. The van der Waals surface area contributed by atoms with Gasteiger partial charge in [0.05, 0.1) is 17.9 Å². The number of carbonyl (C=O) groups is 3. The minimum absolute atomic E-state index is 0.0287. The number of amides is 3. The number of nitriles is 1. The molecule has 0 radical (unpaired) electrons. The molecule has 0 spiro atoms. The number of ether oxygens (including phenoxy) is 1. The molecule has 2 saturated heterocycles. The largest absolute Gasteiger partial charge is 0.380 e. The Morgan fingerprint density at radius 3 is 3.00 bits per heavy atom. The SMILES string of the molecule is N#Cc1cnc(NC(=O)N2CCCc3cc(CN4CCOCC4=O)c(C=O)nc32)cc1NC1CCNC1. The molecule has 12 nitrogen and oxygen atoms in total. The minimum atomic E-state index is -0.424. The van der Waals surface area contributed by atoms with Gasteiger partial charge in [-0.1, -0.05) is 0 Å². The second kappa shape index (κ2) is 10.9. The van der Waals surface area contributed by atoms with Gasteiger partial charge in [0.1, 0.15) is 30.0 Å². The van der Waals surface area contributed by atoms with Crippen molar-refractivity contribution in [3.8, 4) is 6.07 Å². The number of rotatable bonds is 6. The molecule has 37 heavy (non-hydrogen) atoms. The lowest BCUT2D eigenvalue weighted by molar-refractivity contribution is -0.143. The number of morpholine rings is 1. The molecule has 5 heterocycles. The first kappa shape index (κ1) is 24.6. The highest BCUT2D eigenvalue weighted by Gasteiger charge is 2.28. The molecule has 3 aliphatic rings. The zero-order chi connectivity index (χ0) is 25.8. The third kappa shape index (κ3) is 5.37. The van der Waals surface area contributed by atoms with E-state index >= 15 is 0 Å². The molecule has 3 N–H and O–H groups in total. The summed E-state index contributed by atoms with van der Waals surface area (Å²) in [5.41, 5.74) is 2.70. The summed E-state index contributed by atoms with van der Waals surface area (Å²) in [6.45, 7) is 3.33. The van der Waals surface area contributed by atoms with Crippen LogP contribution in [0.5, 0.6) is 0 Å². The van der Waals surface area contributed by atoms with Gasteiger partial charge in [-0.3, -0.25) is 19.8 Å². The Hall–Kier alpha value is -4.08. The van der Waals surface area contributed by atoms with Gasteiger partial charge in [-0.2, -0.15) is 5.26 Å². The summed E-state index contributed by atoms with van der Waals surface area (Å²) < 4.78 is 5.18. The molecular weight excluding hydrogens is 476 g/mol. The first-order chi connectivity index (χ1) is 18.1. The van der Waals surface area contributed by atoms with Crippen LogP contribution in [0.4, 0.5) is 22.1 Å². The van der Waals surface area contributed by atoms with Crippen LogP contribution in [0.2, 0.25) is 0 Å². The van der Waals surface area contributed by atoms with Crippen LogP contribution in [-0.2, 0) is 22.5 Å². The Bertz CT molecular complexity index is 1250. The van der Waals surface area contributed by atoms with Crippen molar-refractivity contribution in [1.82, 2.24) is 20.2 Å².